The maximum Gasteiger partial charge on any atom is 0.234 e. The molecule has 0 aliphatic heterocycles. The summed E-state index contributed by atoms with van der Waals surface area (Å²) in [5, 5.41) is 6.13. The summed E-state index contributed by atoms with van der Waals surface area (Å²) < 4.78 is 5.01. The second-order valence-corrected chi connectivity index (χ2v) is 5.23. The zero-order valence-corrected chi connectivity index (χ0v) is 12.7. The SMILES string of the molecule is COC[C@@H](C)NCC(=O)N[C@H](C)CCc1ccccc1. The molecule has 1 amide bonds. The summed E-state index contributed by atoms with van der Waals surface area (Å²) in [6.45, 7) is 4.98. The van der Waals surface area contributed by atoms with Gasteiger partial charge >= 0.3 is 0 Å². The number of methoxy groups -OCH3 is 1. The fourth-order valence-electron chi connectivity index (χ4n) is 2.00. The van der Waals surface area contributed by atoms with Crippen molar-refractivity contribution in [1.29, 1.82) is 0 Å². The van der Waals surface area contributed by atoms with Crippen LogP contribution in [0.1, 0.15) is 25.8 Å². The average Bonchev–Trinajstić information content (AvgIpc) is 2.44. The van der Waals surface area contributed by atoms with E-state index in [0.717, 1.165) is 12.8 Å². The van der Waals surface area contributed by atoms with E-state index in [2.05, 4.69) is 22.8 Å². The Morgan fingerprint density at radius 1 is 1.20 bits per heavy atom. The van der Waals surface area contributed by atoms with Gasteiger partial charge in [0.1, 0.15) is 0 Å². The maximum atomic E-state index is 11.8. The summed E-state index contributed by atoms with van der Waals surface area (Å²) in [6.07, 6.45) is 1.93. The summed E-state index contributed by atoms with van der Waals surface area (Å²) in [6, 6.07) is 10.7. The van der Waals surface area contributed by atoms with E-state index in [-0.39, 0.29) is 18.0 Å². The molecule has 4 heteroatoms. The summed E-state index contributed by atoms with van der Waals surface area (Å²) >= 11 is 0. The molecule has 2 atom stereocenters. The first-order valence-corrected chi connectivity index (χ1v) is 7.17. The molecule has 4 nitrogen and oxygen atoms in total. The highest BCUT2D eigenvalue weighted by Gasteiger charge is 2.09. The van der Waals surface area contributed by atoms with Gasteiger partial charge in [0.2, 0.25) is 5.91 Å². The van der Waals surface area contributed by atoms with E-state index in [0.29, 0.717) is 13.2 Å². The Morgan fingerprint density at radius 3 is 2.55 bits per heavy atom. The molecule has 0 spiro atoms. The Bertz CT molecular complexity index is 381. The molecule has 1 rings (SSSR count). The highest BCUT2D eigenvalue weighted by molar-refractivity contribution is 5.78. The Morgan fingerprint density at radius 2 is 1.90 bits per heavy atom. The summed E-state index contributed by atoms with van der Waals surface area (Å²) in [5.41, 5.74) is 1.31. The van der Waals surface area contributed by atoms with Crippen LogP contribution in [0, 0.1) is 0 Å². The monoisotopic (exact) mass is 278 g/mol. The van der Waals surface area contributed by atoms with Crippen molar-refractivity contribution in [1.82, 2.24) is 10.6 Å². The second-order valence-electron chi connectivity index (χ2n) is 5.23. The second kappa shape index (κ2) is 9.50. The largest absolute Gasteiger partial charge is 0.383 e. The van der Waals surface area contributed by atoms with Gasteiger partial charge in [-0.2, -0.15) is 0 Å². The summed E-state index contributed by atoms with van der Waals surface area (Å²) in [5.74, 6) is 0.0357. The molecule has 0 aliphatic carbocycles. The van der Waals surface area contributed by atoms with Crippen molar-refractivity contribution in [3.63, 3.8) is 0 Å². The van der Waals surface area contributed by atoms with Gasteiger partial charge in [0.25, 0.3) is 0 Å². The Hall–Kier alpha value is -1.39. The lowest BCUT2D eigenvalue weighted by atomic mass is 10.1. The third-order valence-corrected chi connectivity index (χ3v) is 3.14. The maximum absolute atomic E-state index is 11.8. The molecule has 1 aromatic carbocycles. The average molecular weight is 278 g/mol. The van der Waals surface area contributed by atoms with Gasteiger partial charge in [-0.15, -0.1) is 0 Å². The molecule has 0 radical (unpaired) electrons. The fourth-order valence-corrected chi connectivity index (χ4v) is 2.00. The lowest BCUT2D eigenvalue weighted by molar-refractivity contribution is -0.121. The minimum absolute atomic E-state index is 0.0357. The first-order valence-electron chi connectivity index (χ1n) is 7.17. The molecule has 0 saturated heterocycles. The number of nitrogens with one attached hydrogen (secondary N) is 2. The molecule has 0 heterocycles. The van der Waals surface area contributed by atoms with Crippen LogP contribution in [-0.2, 0) is 16.0 Å². The molecule has 2 N–H and O–H groups in total. The van der Waals surface area contributed by atoms with Crippen molar-refractivity contribution in [3.05, 3.63) is 35.9 Å². The first kappa shape index (κ1) is 16.7. The molecule has 20 heavy (non-hydrogen) atoms. The van der Waals surface area contributed by atoms with Gasteiger partial charge in [-0.1, -0.05) is 30.3 Å². The van der Waals surface area contributed by atoms with Crippen molar-refractivity contribution in [3.8, 4) is 0 Å². The molecule has 0 aliphatic rings. The third kappa shape index (κ3) is 7.26. The van der Waals surface area contributed by atoms with Crippen molar-refractivity contribution in [2.24, 2.45) is 0 Å². The van der Waals surface area contributed by atoms with Crippen LogP contribution in [0.25, 0.3) is 0 Å². The zero-order chi connectivity index (χ0) is 14.8. The number of amides is 1. The number of ether oxygens (including phenoxy) is 1. The van der Waals surface area contributed by atoms with Crippen molar-refractivity contribution in [2.75, 3.05) is 20.3 Å². The van der Waals surface area contributed by atoms with Gasteiger partial charge in [0, 0.05) is 19.2 Å². The van der Waals surface area contributed by atoms with E-state index >= 15 is 0 Å². The van der Waals surface area contributed by atoms with Crippen LogP contribution >= 0.6 is 0 Å². The number of carbonyl (C=O) groups excluding carboxylic acids is 1. The predicted octanol–water partition coefficient (Wildman–Crippen LogP) is 1.75. The number of benzene rings is 1. The lowest BCUT2D eigenvalue weighted by Crippen LogP contribution is -2.42. The van der Waals surface area contributed by atoms with Crippen LogP contribution in [0.3, 0.4) is 0 Å². The molecule has 0 fully saturated rings. The van der Waals surface area contributed by atoms with Crippen LogP contribution in [0.15, 0.2) is 30.3 Å². The third-order valence-electron chi connectivity index (χ3n) is 3.14. The zero-order valence-electron chi connectivity index (χ0n) is 12.7. The molecule has 0 saturated carbocycles. The summed E-state index contributed by atoms with van der Waals surface area (Å²) in [4.78, 5) is 11.8. The number of hydrogen-bond donors (Lipinski definition) is 2. The van der Waals surface area contributed by atoms with Crippen LogP contribution in [-0.4, -0.2) is 38.3 Å². The fraction of sp³-hybridized carbons (Fsp3) is 0.562. The van der Waals surface area contributed by atoms with Gasteiger partial charge in [0.15, 0.2) is 0 Å². The minimum Gasteiger partial charge on any atom is -0.383 e. The molecule has 112 valence electrons. The normalized spacial score (nSPS) is 13.8. The van der Waals surface area contributed by atoms with E-state index in [1.165, 1.54) is 5.56 Å². The highest BCUT2D eigenvalue weighted by atomic mass is 16.5. The van der Waals surface area contributed by atoms with E-state index in [9.17, 15) is 4.79 Å². The number of aryl methyl sites for hydroxylation is 1. The smallest absolute Gasteiger partial charge is 0.234 e. The van der Waals surface area contributed by atoms with Gasteiger partial charge in [-0.25, -0.2) is 0 Å². The van der Waals surface area contributed by atoms with E-state index in [4.69, 9.17) is 4.74 Å². The number of hydrogen-bond acceptors (Lipinski definition) is 3. The van der Waals surface area contributed by atoms with Gasteiger partial charge in [-0.05, 0) is 32.3 Å². The highest BCUT2D eigenvalue weighted by Crippen LogP contribution is 2.04. The van der Waals surface area contributed by atoms with Gasteiger partial charge < -0.3 is 15.4 Å². The molecule has 0 aromatic heterocycles. The molecular formula is C16H26N2O2. The van der Waals surface area contributed by atoms with E-state index in [1.807, 2.05) is 32.0 Å². The Labute approximate surface area is 121 Å². The molecule has 0 bridgehead atoms. The Kier molecular flexibility index (Phi) is 7.92. The van der Waals surface area contributed by atoms with E-state index in [1.54, 1.807) is 7.11 Å². The number of carbonyl (C=O) groups is 1. The molecular weight excluding hydrogens is 252 g/mol. The minimum atomic E-state index is 0.0357. The van der Waals surface area contributed by atoms with Crippen molar-refractivity contribution in [2.45, 2.75) is 38.8 Å². The van der Waals surface area contributed by atoms with Crippen molar-refractivity contribution >= 4 is 5.91 Å². The van der Waals surface area contributed by atoms with E-state index < -0.39 is 0 Å². The van der Waals surface area contributed by atoms with Crippen LogP contribution in [0.5, 0.6) is 0 Å². The topological polar surface area (TPSA) is 50.4 Å². The molecule has 1 aromatic rings. The standard InChI is InChI=1S/C16H26N2O2/c1-13(9-10-15-7-5-4-6-8-15)18-16(19)11-17-14(2)12-20-3/h4-8,13-14,17H,9-12H2,1-3H3,(H,18,19)/t13-,14-/m1/s1. The van der Waals surface area contributed by atoms with Gasteiger partial charge in [-0.3, -0.25) is 4.79 Å². The lowest BCUT2D eigenvalue weighted by Gasteiger charge is -2.16. The first-order chi connectivity index (χ1) is 9.61. The van der Waals surface area contributed by atoms with Crippen LogP contribution in [0.2, 0.25) is 0 Å². The Balaban J connectivity index is 2.18. The summed E-state index contributed by atoms with van der Waals surface area (Å²) in [7, 11) is 1.66. The number of rotatable bonds is 9. The predicted molar refractivity (Wildman–Crippen MR) is 81.7 cm³/mol. The van der Waals surface area contributed by atoms with Gasteiger partial charge in [0.05, 0.1) is 13.2 Å². The van der Waals surface area contributed by atoms with Crippen LogP contribution < -0.4 is 10.6 Å². The quantitative estimate of drug-likeness (QED) is 0.723. The molecule has 0 unspecified atom stereocenters. The van der Waals surface area contributed by atoms with Crippen LogP contribution in [0.4, 0.5) is 0 Å². The van der Waals surface area contributed by atoms with Crippen molar-refractivity contribution < 1.29 is 9.53 Å².